The Hall–Kier alpha value is -1.62. The van der Waals surface area contributed by atoms with Crippen LogP contribution in [0.15, 0.2) is 11.1 Å². The molecule has 0 amide bonds. The molecule has 2 aromatic heterocycles. The summed E-state index contributed by atoms with van der Waals surface area (Å²) < 4.78 is 1.48. The smallest absolute Gasteiger partial charge is 0.280 e. The minimum absolute atomic E-state index is 0.0546. The zero-order chi connectivity index (χ0) is 14.4. The highest BCUT2D eigenvalue weighted by molar-refractivity contribution is 8.00. The Labute approximate surface area is 116 Å². The highest BCUT2D eigenvalue weighted by Gasteiger charge is 2.43. The molecule has 1 saturated heterocycles. The molecule has 1 aliphatic heterocycles. The van der Waals surface area contributed by atoms with Crippen LogP contribution in [-0.4, -0.2) is 58.9 Å². The van der Waals surface area contributed by atoms with Gasteiger partial charge in [-0.15, -0.1) is 11.8 Å². The van der Waals surface area contributed by atoms with E-state index in [1.807, 2.05) is 0 Å². The lowest BCUT2D eigenvalue weighted by molar-refractivity contribution is 0.0113. The molecule has 6 N–H and O–H groups in total. The molecule has 1 fully saturated rings. The maximum absolute atomic E-state index is 11.7. The van der Waals surface area contributed by atoms with Gasteiger partial charge >= 0.3 is 0 Å². The number of thioether (sulfide) groups is 1. The molecule has 0 spiro atoms. The number of aliphatic hydroxyl groups is 3. The number of aliphatic hydroxyl groups excluding tert-OH is 3. The van der Waals surface area contributed by atoms with Crippen LogP contribution in [0.2, 0.25) is 0 Å². The lowest BCUT2D eigenvalue weighted by atomic mass is 10.1. The number of anilines is 1. The first-order valence-corrected chi connectivity index (χ1v) is 6.82. The van der Waals surface area contributed by atoms with Gasteiger partial charge in [-0.25, -0.2) is 4.98 Å². The van der Waals surface area contributed by atoms with Gasteiger partial charge in [0.25, 0.3) is 5.56 Å². The molecular formula is C10H13N5O4S. The molecule has 0 aliphatic carbocycles. The number of rotatable bonds is 2. The fraction of sp³-hybridized carbons (Fsp3) is 0.500. The fourth-order valence-electron chi connectivity index (χ4n) is 2.24. The predicted molar refractivity (Wildman–Crippen MR) is 72.1 cm³/mol. The quantitative estimate of drug-likeness (QED) is 0.428. The van der Waals surface area contributed by atoms with E-state index in [9.17, 15) is 15.0 Å². The Balaban J connectivity index is 2.09. The average molecular weight is 299 g/mol. The number of hydrogen-bond acceptors (Lipinski definition) is 8. The Morgan fingerprint density at radius 2 is 2.20 bits per heavy atom. The van der Waals surface area contributed by atoms with E-state index in [0.29, 0.717) is 0 Å². The lowest BCUT2D eigenvalue weighted by Crippen LogP contribution is -2.32. The minimum Gasteiger partial charge on any atom is -0.395 e. The van der Waals surface area contributed by atoms with Gasteiger partial charge in [0.1, 0.15) is 11.5 Å². The minimum atomic E-state index is -1.10. The van der Waals surface area contributed by atoms with E-state index in [1.165, 1.54) is 22.7 Å². The molecule has 0 unspecified atom stereocenters. The van der Waals surface area contributed by atoms with Crippen molar-refractivity contribution in [2.24, 2.45) is 0 Å². The molecule has 0 bridgehead atoms. The van der Waals surface area contributed by atoms with Crippen molar-refractivity contribution >= 4 is 28.9 Å². The van der Waals surface area contributed by atoms with Gasteiger partial charge in [0.05, 0.1) is 24.3 Å². The number of nitrogens with zero attached hydrogens (tertiary/aromatic N) is 3. The highest BCUT2D eigenvalue weighted by atomic mass is 32.2. The van der Waals surface area contributed by atoms with Gasteiger partial charge in [-0.2, -0.15) is 4.98 Å². The highest BCUT2D eigenvalue weighted by Crippen LogP contribution is 2.42. The van der Waals surface area contributed by atoms with E-state index < -0.39 is 28.4 Å². The molecule has 9 nitrogen and oxygen atoms in total. The van der Waals surface area contributed by atoms with Gasteiger partial charge in [0.15, 0.2) is 11.2 Å². The summed E-state index contributed by atoms with van der Waals surface area (Å²) in [5, 5.41) is 27.9. The topological polar surface area (TPSA) is 150 Å². The molecule has 20 heavy (non-hydrogen) atoms. The van der Waals surface area contributed by atoms with Crippen molar-refractivity contribution in [3.8, 4) is 0 Å². The third-order valence-electron chi connectivity index (χ3n) is 3.24. The van der Waals surface area contributed by atoms with E-state index in [0.717, 1.165) is 0 Å². The summed E-state index contributed by atoms with van der Waals surface area (Å²) in [6, 6.07) is 0. The SMILES string of the molecule is Nc1nc2c(ncn2[C@@H]2S[C@H](CO)[C@@H](O)[C@@H]2O)c(=O)[nH]1. The number of nitrogens with two attached hydrogens (primary N) is 1. The lowest BCUT2D eigenvalue weighted by Gasteiger charge is -2.16. The van der Waals surface area contributed by atoms with E-state index in [4.69, 9.17) is 10.8 Å². The molecule has 4 atom stereocenters. The molecule has 3 heterocycles. The molecule has 108 valence electrons. The second-order valence-corrected chi connectivity index (χ2v) is 5.86. The van der Waals surface area contributed by atoms with Crippen molar-refractivity contribution in [1.29, 1.82) is 0 Å². The molecule has 2 aromatic rings. The third kappa shape index (κ3) is 1.88. The number of aromatic nitrogens is 4. The van der Waals surface area contributed by atoms with Crippen LogP contribution < -0.4 is 11.3 Å². The molecule has 0 saturated carbocycles. The monoisotopic (exact) mass is 299 g/mol. The number of aromatic amines is 1. The number of nitrogen functional groups attached to an aromatic ring is 1. The van der Waals surface area contributed by atoms with Crippen LogP contribution >= 0.6 is 11.8 Å². The van der Waals surface area contributed by atoms with Crippen LogP contribution in [0.3, 0.4) is 0 Å². The summed E-state index contributed by atoms with van der Waals surface area (Å²) in [6.07, 6.45) is -0.802. The van der Waals surface area contributed by atoms with Gasteiger partial charge in [0.2, 0.25) is 5.95 Å². The first kappa shape index (κ1) is 13.4. The van der Waals surface area contributed by atoms with Gasteiger partial charge in [-0.1, -0.05) is 0 Å². The fourth-order valence-corrected chi connectivity index (χ4v) is 3.61. The maximum atomic E-state index is 11.7. The zero-order valence-corrected chi connectivity index (χ0v) is 11.0. The van der Waals surface area contributed by atoms with E-state index in [1.54, 1.807) is 0 Å². The largest absolute Gasteiger partial charge is 0.395 e. The van der Waals surface area contributed by atoms with E-state index in [-0.39, 0.29) is 23.7 Å². The second-order valence-electron chi connectivity index (χ2n) is 4.50. The van der Waals surface area contributed by atoms with Crippen molar-refractivity contribution in [1.82, 2.24) is 19.5 Å². The van der Waals surface area contributed by atoms with Crippen LogP contribution in [0.4, 0.5) is 5.95 Å². The Kier molecular flexibility index (Phi) is 3.17. The molecule has 0 aromatic carbocycles. The summed E-state index contributed by atoms with van der Waals surface area (Å²) in [4.78, 5) is 22.0. The van der Waals surface area contributed by atoms with Gasteiger partial charge in [0, 0.05) is 0 Å². The van der Waals surface area contributed by atoms with Crippen molar-refractivity contribution in [3.05, 3.63) is 16.7 Å². The molecule has 0 radical (unpaired) electrons. The summed E-state index contributed by atoms with van der Waals surface area (Å²) in [6.45, 7) is -0.262. The standard InChI is InChI=1S/C10H13N5O4S/c11-10-13-7-4(8(19)14-10)12-2-15(7)9-6(18)5(17)3(1-16)20-9/h2-3,5-6,9,16-18H,1H2,(H3,11,13,14,19)/t3-,5-,6+,9-/m1/s1. The van der Waals surface area contributed by atoms with Crippen molar-refractivity contribution in [2.75, 3.05) is 12.3 Å². The zero-order valence-electron chi connectivity index (χ0n) is 10.2. The predicted octanol–water partition coefficient (Wildman–Crippen LogP) is -1.97. The van der Waals surface area contributed by atoms with E-state index in [2.05, 4.69) is 15.0 Å². The van der Waals surface area contributed by atoms with Gasteiger partial charge in [-0.3, -0.25) is 14.3 Å². The first-order chi connectivity index (χ1) is 9.52. The van der Waals surface area contributed by atoms with Crippen LogP contribution in [0, 0.1) is 0 Å². The van der Waals surface area contributed by atoms with Crippen LogP contribution in [-0.2, 0) is 0 Å². The van der Waals surface area contributed by atoms with Gasteiger partial charge < -0.3 is 21.1 Å². The summed E-state index contributed by atoms with van der Waals surface area (Å²) in [7, 11) is 0. The number of imidazole rings is 1. The average Bonchev–Trinajstić information content (AvgIpc) is 2.93. The molecule has 3 rings (SSSR count). The first-order valence-electron chi connectivity index (χ1n) is 5.87. The third-order valence-corrected chi connectivity index (χ3v) is 4.80. The van der Waals surface area contributed by atoms with Gasteiger partial charge in [-0.05, 0) is 0 Å². The maximum Gasteiger partial charge on any atom is 0.280 e. The van der Waals surface area contributed by atoms with Crippen molar-refractivity contribution < 1.29 is 15.3 Å². The number of fused-ring (bicyclic) bond motifs is 1. The normalized spacial score (nSPS) is 30.1. The van der Waals surface area contributed by atoms with Crippen molar-refractivity contribution in [2.45, 2.75) is 22.8 Å². The van der Waals surface area contributed by atoms with E-state index >= 15 is 0 Å². The number of nitrogens with one attached hydrogen (secondary N) is 1. The van der Waals surface area contributed by atoms with Crippen molar-refractivity contribution in [3.63, 3.8) is 0 Å². The summed E-state index contributed by atoms with van der Waals surface area (Å²) in [5.41, 5.74) is 5.37. The van der Waals surface area contributed by atoms with Crippen LogP contribution in [0.25, 0.3) is 11.2 Å². The summed E-state index contributed by atoms with van der Waals surface area (Å²) in [5.74, 6) is -0.0546. The number of hydrogen-bond donors (Lipinski definition) is 5. The Bertz CT molecular complexity index is 701. The Morgan fingerprint density at radius 1 is 1.45 bits per heavy atom. The molecular weight excluding hydrogens is 286 g/mol. The molecule has 10 heteroatoms. The second kappa shape index (κ2) is 4.74. The molecule has 1 aliphatic rings. The number of H-pyrrole nitrogens is 1. The van der Waals surface area contributed by atoms with Crippen LogP contribution in [0.5, 0.6) is 0 Å². The van der Waals surface area contributed by atoms with Crippen LogP contribution in [0.1, 0.15) is 5.37 Å². The Morgan fingerprint density at radius 3 is 2.85 bits per heavy atom. The summed E-state index contributed by atoms with van der Waals surface area (Å²) >= 11 is 1.19.